The molecule has 1 aromatic rings. The number of rotatable bonds is 3. The first-order valence-electron chi connectivity index (χ1n) is 3.84. The molecule has 0 saturated carbocycles. The maximum atomic E-state index is 10.4. The van der Waals surface area contributed by atoms with Gasteiger partial charge in [0.15, 0.2) is 17.6 Å². The number of aliphatic hydroxyl groups is 1. The van der Waals surface area contributed by atoms with Crippen molar-refractivity contribution in [1.29, 1.82) is 0 Å². The van der Waals surface area contributed by atoms with Gasteiger partial charge in [0, 0.05) is 0 Å². The lowest BCUT2D eigenvalue weighted by molar-refractivity contribution is -0.146. The predicted molar refractivity (Wildman–Crippen MR) is 47.3 cm³/mol. The molecule has 0 radical (unpaired) electrons. The standard InChI is InChI=1S/C9H10O5/c1-14-7-4-5(2-3-6(7)10)8(11)9(12)13/h2-4,8,10-11H,1H3,(H,12,13)/t8-/m1/s1. The molecule has 1 rings (SSSR count). The smallest absolute Gasteiger partial charge is 0.337 e. The number of carboxylic acid groups (broad SMARTS) is 1. The van der Waals surface area contributed by atoms with Crippen LogP contribution in [0, 0.1) is 0 Å². The van der Waals surface area contributed by atoms with E-state index in [-0.39, 0.29) is 17.1 Å². The topological polar surface area (TPSA) is 87.0 Å². The summed E-state index contributed by atoms with van der Waals surface area (Å²) in [4.78, 5) is 10.4. The van der Waals surface area contributed by atoms with Gasteiger partial charge in [-0.3, -0.25) is 0 Å². The van der Waals surface area contributed by atoms with Gasteiger partial charge in [0.1, 0.15) is 0 Å². The Hall–Kier alpha value is -1.75. The van der Waals surface area contributed by atoms with Gasteiger partial charge in [-0.25, -0.2) is 4.79 Å². The molecule has 0 saturated heterocycles. The van der Waals surface area contributed by atoms with Crippen LogP contribution >= 0.6 is 0 Å². The number of phenolic OH excluding ortho intramolecular Hbond substituents is 1. The number of methoxy groups -OCH3 is 1. The van der Waals surface area contributed by atoms with E-state index in [2.05, 4.69) is 0 Å². The summed E-state index contributed by atoms with van der Waals surface area (Å²) in [6.45, 7) is 0. The Kier molecular flexibility index (Phi) is 2.93. The number of phenols is 1. The number of carbonyl (C=O) groups is 1. The van der Waals surface area contributed by atoms with Crippen molar-refractivity contribution in [3.05, 3.63) is 23.8 Å². The average molecular weight is 198 g/mol. The SMILES string of the molecule is COc1cc([C@@H](O)C(=O)O)ccc1O. The third kappa shape index (κ3) is 1.94. The highest BCUT2D eigenvalue weighted by atomic mass is 16.5. The molecule has 0 bridgehead atoms. The summed E-state index contributed by atoms with van der Waals surface area (Å²) >= 11 is 0. The van der Waals surface area contributed by atoms with Crippen LogP contribution in [0.5, 0.6) is 11.5 Å². The van der Waals surface area contributed by atoms with E-state index in [1.54, 1.807) is 0 Å². The van der Waals surface area contributed by atoms with Crippen molar-refractivity contribution >= 4 is 5.97 Å². The molecule has 0 aliphatic heterocycles. The summed E-state index contributed by atoms with van der Waals surface area (Å²) in [5, 5.41) is 26.9. The van der Waals surface area contributed by atoms with Crippen molar-refractivity contribution in [2.24, 2.45) is 0 Å². The zero-order chi connectivity index (χ0) is 10.7. The molecule has 0 spiro atoms. The maximum Gasteiger partial charge on any atom is 0.337 e. The molecule has 76 valence electrons. The van der Waals surface area contributed by atoms with Crippen molar-refractivity contribution in [1.82, 2.24) is 0 Å². The van der Waals surface area contributed by atoms with Gasteiger partial charge in [0.05, 0.1) is 7.11 Å². The van der Waals surface area contributed by atoms with E-state index in [0.717, 1.165) is 0 Å². The third-order valence-corrected chi connectivity index (χ3v) is 1.75. The zero-order valence-corrected chi connectivity index (χ0v) is 7.47. The minimum atomic E-state index is -1.61. The summed E-state index contributed by atoms with van der Waals surface area (Å²) in [6.07, 6.45) is -1.61. The van der Waals surface area contributed by atoms with Gasteiger partial charge < -0.3 is 20.1 Å². The minimum Gasteiger partial charge on any atom is -0.504 e. The molecular formula is C9H10O5. The summed E-state index contributed by atoms with van der Waals surface area (Å²) in [5.74, 6) is -1.32. The Balaban J connectivity index is 3.06. The Labute approximate surface area is 80.2 Å². The van der Waals surface area contributed by atoms with Crippen LogP contribution in [0.2, 0.25) is 0 Å². The van der Waals surface area contributed by atoms with Crippen molar-refractivity contribution < 1.29 is 24.9 Å². The van der Waals surface area contributed by atoms with E-state index >= 15 is 0 Å². The minimum absolute atomic E-state index is 0.103. The van der Waals surface area contributed by atoms with Crippen molar-refractivity contribution in [3.8, 4) is 11.5 Å². The second kappa shape index (κ2) is 3.97. The van der Waals surface area contributed by atoms with Gasteiger partial charge in [0.2, 0.25) is 0 Å². The molecule has 0 aliphatic carbocycles. The van der Waals surface area contributed by atoms with Crippen LogP contribution in [-0.4, -0.2) is 28.4 Å². The highest BCUT2D eigenvalue weighted by Gasteiger charge is 2.17. The third-order valence-electron chi connectivity index (χ3n) is 1.75. The van der Waals surface area contributed by atoms with Crippen molar-refractivity contribution in [2.45, 2.75) is 6.10 Å². The van der Waals surface area contributed by atoms with Crippen LogP contribution in [0.15, 0.2) is 18.2 Å². The van der Waals surface area contributed by atoms with E-state index in [1.807, 2.05) is 0 Å². The molecule has 3 N–H and O–H groups in total. The summed E-state index contributed by atoms with van der Waals surface area (Å²) in [6, 6.07) is 3.85. The fourth-order valence-electron chi connectivity index (χ4n) is 1.01. The zero-order valence-electron chi connectivity index (χ0n) is 7.47. The van der Waals surface area contributed by atoms with E-state index < -0.39 is 12.1 Å². The van der Waals surface area contributed by atoms with Gasteiger partial charge >= 0.3 is 5.97 Å². The van der Waals surface area contributed by atoms with Gasteiger partial charge in [-0.15, -0.1) is 0 Å². The van der Waals surface area contributed by atoms with Crippen molar-refractivity contribution in [2.75, 3.05) is 7.11 Å². The fourth-order valence-corrected chi connectivity index (χ4v) is 1.01. The van der Waals surface area contributed by atoms with Crippen LogP contribution in [0.3, 0.4) is 0 Å². The largest absolute Gasteiger partial charge is 0.504 e. The van der Waals surface area contributed by atoms with Gasteiger partial charge in [0.25, 0.3) is 0 Å². The van der Waals surface area contributed by atoms with Crippen LogP contribution in [0.1, 0.15) is 11.7 Å². The summed E-state index contributed by atoms with van der Waals surface area (Å²) in [7, 11) is 1.34. The Morgan fingerprint density at radius 1 is 1.50 bits per heavy atom. The molecule has 5 heteroatoms. The highest BCUT2D eigenvalue weighted by molar-refractivity contribution is 5.74. The lowest BCUT2D eigenvalue weighted by Crippen LogP contribution is -2.10. The quantitative estimate of drug-likeness (QED) is 0.659. The highest BCUT2D eigenvalue weighted by Crippen LogP contribution is 2.28. The van der Waals surface area contributed by atoms with Crippen LogP contribution in [-0.2, 0) is 4.79 Å². The molecule has 0 fully saturated rings. The molecule has 0 aliphatic rings. The molecular weight excluding hydrogens is 188 g/mol. The average Bonchev–Trinajstić information content (AvgIpc) is 2.17. The molecule has 14 heavy (non-hydrogen) atoms. The Morgan fingerprint density at radius 2 is 2.14 bits per heavy atom. The molecule has 1 aromatic carbocycles. The summed E-state index contributed by atoms with van der Waals surface area (Å²) in [5.41, 5.74) is 0.159. The van der Waals surface area contributed by atoms with Crippen LogP contribution in [0.25, 0.3) is 0 Å². The van der Waals surface area contributed by atoms with Gasteiger partial charge in [-0.2, -0.15) is 0 Å². The predicted octanol–water partition coefficient (Wildman–Crippen LogP) is 0.519. The van der Waals surface area contributed by atoms with E-state index in [4.69, 9.17) is 9.84 Å². The molecule has 0 heterocycles. The van der Waals surface area contributed by atoms with E-state index in [1.165, 1.54) is 25.3 Å². The number of aromatic hydroxyl groups is 1. The maximum absolute atomic E-state index is 10.4. The van der Waals surface area contributed by atoms with Crippen LogP contribution < -0.4 is 4.74 Å². The van der Waals surface area contributed by atoms with E-state index in [9.17, 15) is 15.0 Å². The summed E-state index contributed by atoms with van der Waals surface area (Å²) < 4.78 is 4.76. The first kappa shape index (κ1) is 10.3. The number of aliphatic carboxylic acids is 1. The molecule has 5 nitrogen and oxygen atoms in total. The molecule has 0 aromatic heterocycles. The van der Waals surface area contributed by atoms with Gasteiger partial charge in [-0.1, -0.05) is 6.07 Å². The van der Waals surface area contributed by atoms with Gasteiger partial charge in [-0.05, 0) is 17.7 Å². The Morgan fingerprint density at radius 3 is 2.64 bits per heavy atom. The fraction of sp³-hybridized carbons (Fsp3) is 0.222. The number of benzene rings is 1. The molecule has 1 atom stereocenters. The van der Waals surface area contributed by atoms with Crippen LogP contribution in [0.4, 0.5) is 0 Å². The normalized spacial score (nSPS) is 12.1. The number of ether oxygens (including phenoxy) is 1. The second-order valence-electron chi connectivity index (χ2n) is 2.67. The van der Waals surface area contributed by atoms with E-state index in [0.29, 0.717) is 0 Å². The number of carboxylic acids is 1. The number of hydrogen-bond donors (Lipinski definition) is 3. The number of aliphatic hydroxyl groups excluding tert-OH is 1. The molecule has 0 unspecified atom stereocenters. The Bertz CT molecular complexity index is 347. The first-order valence-corrected chi connectivity index (χ1v) is 3.84. The van der Waals surface area contributed by atoms with Crippen molar-refractivity contribution in [3.63, 3.8) is 0 Å². The molecule has 0 amide bonds. The number of hydrogen-bond acceptors (Lipinski definition) is 4. The lowest BCUT2D eigenvalue weighted by Gasteiger charge is -2.08. The second-order valence-corrected chi connectivity index (χ2v) is 2.67. The lowest BCUT2D eigenvalue weighted by atomic mass is 10.1. The first-order chi connectivity index (χ1) is 6.56. The monoisotopic (exact) mass is 198 g/mol.